The molecule has 0 unspecified atom stereocenters. The molecule has 0 saturated carbocycles. The van der Waals surface area contributed by atoms with Gasteiger partial charge in [0.05, 0.1) is 7.85 Å². The zero-order valence-electron chi connectivity index (χ0n) is 8.73. The molecule has 17 heavy (non-hydrogen) atoms. The number of carbonyl (C=O) groups is 1. The number of halogens is 2. The van der Waals surface area contributed by atoms with Gasteiger partial charge in [-0.15, -0.1) is 0 Å². The highest BCUT2D eigenvalue weighted by molar-refractivity contribution is 6.40. The molecule has 0 aliphatic rings. The van der Waals surface area contributed by atoms with Crippen LogP contribution in [0, 0.1) is 0 Å². The summed E-state index contributed by atoms with van der Waals surface area (Å²) < 4.78 is 1.63. The molecular formula is C11H7BCl2N2O. The topological polar surface area (TPSA) is 34.9 Å². The van der Waals surface area contributed by atoms with Gasteiger partial charge >= 0.3 is 0 Å². The van der Waals surface area contributed by atoms with Gasteiger partial charge in [0.25, 0.3) is 0 Å². The number of carbonyl (C=O) groups excluding carboxylic acids is 1. The van der Waals surface area contributed by atoms with Crippen molar-refractivity contribution in [3.05, 3.63) is 46.5 Å². The van der Waals surface area contributed by atoms with E-state index in [2.05, 4.69) is 4.98 Å². The van der Waals surface area contributed by atoms with E-state index >= 15 is 0 Å². The van der Waals surface area contributed by atoms with E-state index in [0.717, 1.165) is 5.69 Å². The SMILES string of the molecule is [B]CC(=O)c1ccc(-n2cnc(Cl)c2Cl)cc1. The fourth-order valence-electron chi connectivity index (χ4n) is 1.42. The summed E-state index contributed by atoms with van der Waals surface area (Å²) in [6.07, 6.45) is 1.52. The minimum Gasteiger partial charge on any atom is -0.295 e. The molecule has 3 nitrogen and oxygen atoms in total. The van der Waals surface area contributed by atoms with Gasteiger partial charge in [-0.3, -0.25) is 9.36 Å². The number of hydrogen-bond donors (Lipinski definition) is 0. The maximum atomic E-state index is 11.3. The summed E-state index contributed by atoms with van der Waals surface area (Å²) in [4.78, 5) is 15.2. The first-order valence-electron chi connectivity index (χ1n) is 4.85. The molecule has 0 aliphatic carbocycles. The average Bonchev–Trinajstić information content (AvgIpc) is 2.69. The molecule has 0 aliphatic heterocycles. The summed E-state index contributed by atoms with van der Waals surface area (Å²) in [7, 11) is 5.28. The number of Topliss-reactive ketones (excluding diaryl/α,β-unsaturated/α-hetero) is 1. The van der Waals surface area contributed by atoms with Crippen LogP contribution in [-0.4, -0.2) is 23.2 Å². The molecule has 1 aromatic carbocycles. The Bertz CT molecular complexity index is 551. The molecule has 0 fully saturated rings. The molecule has 1 aromatic heterocycles. The largest absolute Gasteiger partial charge is 0.295 e. The molecule has 84 valence electrons. The Labute approximate surface area is 110 Å². The molecule has 0 N–H and O–H groups in total. The maximum Gasteiger partial charge on any atom is 0.166 e. The highest BCUT2D eigenvalue weighted by Gasteiger charge is 2.08. The normalized spacial score (nSPS) is 10.5. The Morgan fingerprint density at radius 3 is 2.41 bits per heavy atom. The molecule has 0 atom stereocenters. The summed E-state index contributed by atoms with van der Waals surface area (Å²) in [5, 5.41) is 0.582. The van der Waals surface area contributed by atoms with Gasteiger partial charge in [0.1, 0.15) is 6.33 Å². The lowest BCUT2D eigenvalue weighted by Gasteiger charge is -2.04. The van der Waals surface area contributed by atoms with Crippen molar-refractivity contribution >= 4 is 36.8 Å². The number of imidazole rings is 1. The zero-order valence-corrected chi connectivity index (χ0v) is 10.2. The molecule has 2 aromatic rings. The van der Waals surface area contributed by atoms with E-state index < -0.39 is 0 Å². The third-order valence-corrected chi connectivity index (χ3v) is 3.06. The van der Waals surface area contributed by atoms with Crippen LogP contribution < -0.4 is 0 Å². The molecule has 0 spiro atoms. The number of benzene rings is 1. The Morgan fingerprint density at radius 2 is 1.94 bits per heavy atom. The average molecular weight is 265 g/mol. The van der Waals surface area contributed by atoms with Crippen LogP contribution in [0.2, 0.25) is 16.6 Å². The number of ketones is 1. The van der Waals surface area contributed by atoms with Gasteiger partial charge in [-0.05, 0) is 30.6 Å². The van der Waals surface area contributed by atoms with Gasteiger partial charge in [-0.2, -0.15) is 0 Å². The summed E-state index contributed by atoms with van der Waals surface area (Å²) in [5.74, 6) is -0.105. The predicted octanol–water partition coefficient (Wildman–Crippen LogP) is 2.95. The first-order valence-corrected chi connectivity index (χ1v) is 5.61. The van der Waals surface area contributed by atoms with Crippen molar-refractivity contribution in [2.75, 3.05) is 0 Å². The van der Waals surface area contributed by atoms with Crippen molar-refractivity contribution in [3.8, 4) is 5.69 Å². The summed E-state index contributed by atoms with van der Waals surface area (Å²) in [6, 6.07) is 6.89. The molecule has 2 rings (SSSR count). The molecular weight excluding hydrogens is 258 g/mol. The van der Waals surface area contributed by atoms with Crippen LogP contribution in [0.4, 0.5) is 0 Å². The lowest BCUT2D eigenvalue weighted by atomic mass is 9.96. The van der Waals surface area contributed by atoms with Crippen LogP contribution >= 0.6 is 23.2 Å². The van der Waals surface area contributed by atoms with E-state index in [1.165, 1.54) is 6.33 Å². The molecule has 6 heteroatoms. The van der Waals surface area contributed by atoms with Crippen molar-refractivity contribution in [1.82, 2.24) is 9.55 Å². The fourth-order valence-corrected chi connectivity index (χ4v) is 1.74. The quantitative estimate of drug-likeness (QED) is 0.631. The van der Waals surface area contributed by atoms with Crippen LogP contribution in [0.25, 0.3) is 5.69 Å². The second kappa shape index (κ2) is 4.94. The number of rotatable bonds is 3. The second-order valence-electron chi connectivity index (χ2n) is 3.37. The van der Waals surface area contributed by atoms with Gasteiger partial charge in [0.15, 0.2) is 16.1 Å². The van der Waals surface area contributed by atoms with E-state index in [1.54, 1.807) is 28.8 Å². The standard InChI is InChI=1S/C11H7BCl2N2O/c12-5-9(17)7-1-3-8(4-2-7)16-6-15-10(13)11(16)14/h1-4,6H,5H2. The smallest absolute Gasteiger partial charge is 0.166 e. The lowest BCUT2D eigenvalue weighted by molar-refractivity contribution is 0.101. The number of nitrogens with zero attached hydrogens (tertiary/aromatic N) is 2. The second-order valence-corrected chi connectivity index (χ2v) is 4.09. The highest BCUT2D eigenvalue weighted by atomic mass is 35.5. The van der Waals surface area contributed by atoms with E-state index in [4.69, 9.17) is 31.0 Å². The van der Waals surface area contributed by atoms with Gasteiger partial charge in [-0.25, -0.2) is 4.98 Å². The Hall–Kier alpha value is -1.26. The molecule has 0 bridgehead atoms. The van der Waals surface area contributed by atoms with Crippen molar-refractivity contribution < 1.29 is 4.79 Å². The van der Waals surface area contributed by atoms with Crippen molar-refractivity contribution in [2.45, 2.75) is 6.32 Å². The van der Waals surface area contributed by atoms with Crippen LogP contribution in [-0.2, 0) is 0 Å². The first kappa shape index (κ1) is 12.2. The van der Waals surface area contributed by atoms with Gasteiger partial charge in [-0.1, -0.05) is 23.2 Å². The number of hydrogen-bond acceptors (Lipinski definition) is 2. The summed E-state index contributed by atoms with van der Waals surface area (Å²) in [6.45, 7) is 0. The highest BCUT2D eigenvalue weighted by Crippen LogP contribution is 2.23. The molecule has 2 radical (unpaired) electrons. The third-order valence-electron chi connectivity index (χ3n) is 2.32. The Balaban J connectivity index is 2.36. The van der Waals surface area contributed by atoms with Crippen molar-refractivity contribution in [1.29, 1.82) is 0 Å². The Morgan fingerprint density at radius 1 is 1.29 bits per heavy atom. The van der Waals surface area contributed by atoms with Crippen LogP contribution in [0.15, 0.2) is 30.6 Å². The van der Waals surface area contributed by atoms with Crippen LogP contribution in [0.1, 0.15) is 10.4 Å². The van der Waals surface area contributed by atoms with Crippen molar-refractivity contribution in [3.63, 3.8) is 0 Å². The van der Waals surface area contributed by atoms with Gasteiger partial charge in [0.2, 0.25) is 0 Å². The maximum absolute atomic E-state index is 11.3. The summed E-state index contributed by atoms with van der Waals surface area (Å²) in [5.41, 5.74) is 1.35. The van der Waals surface area contributed by atoms with Crippen molar-refractivity contribution in [2.24, 2.45) is 0 Å². The minimum atomic E-state index is -0.105. The van der Waals surface area contributed by atoms with E-state index in [1.807, 2.05) is 0 Å². The Kier molecular flexibility index (Phi) is 3.55. The molecule has 1 heterocycles. The monoisotopic (exact) mass is 264 g/mol. The third kappa shape index (κ3) is 2.38. The zero-order chi connectivity index (χ0) is 12.4. The first-order chi connectivity index (χ1) is 8.13. The van der Waals surface area contributed by atoms with Gasteiger partial charge in [0, 0.05) is 11.3 Å². The van der Waals surface area contributed by atoms with E-state index in [9.17, 15) is 4.79 Å². The molecule has 0 saturated heterocycles. The number of aromatic nitrogens is 2. The fraction of sp³-hybridized carbons (Fsp3) is 0.0909. The van der Waals surface area contributed by atoms with Gasteiger partial charge < -0.3 is 0 Å². The lowest BCUT2D eigenvalue weighted by Crippen LogP contribution is -1.98. The predicted molar refractivity (Wildman–Crippen MR) is 68.5 cm³/mol. The minimum absolute atomic E-state index is 0.00297. The summed E-state index contributed by atoms with van der Waals surface area (Å²) >= 11 is 11.7. The van der Waals surface area contributed by atoms with E-state index in [0.29, 0.717) is 10.7 Å². The molecule has 0 amide bonds. The van der Waals surface area contributed by atoms with Crippen LogP contribution in [0.3, 0.4) is 0 Å². The van der Waals surface area contributed by atoms with E-state index in [-0.39, 0.29) is 17.3 Å². The van der Waals surface area contributed by atoms with Crippen LogP contribution in [0.5, 0.6) is 0 Å².